The van der Waals surface area contributed by atoms with Crippen molar-refractivity contribution in [1.29, 1.82) is 0 Å². The number of rotatable bonds is 7. The number of phenolic OH excluding ortho intramolecular Hbond substituents is 1. The third-order valence-electron chi connectivity index (χ3n) is 5.02. The van der Waals surface area contributed by atoms with Gasteiger partial charge in [0, 0.05) is 17.2 Å². The van der Waals surface area contributed by atoms with Crippen molar-refractivity contribution >= 4 is 26.6 Å². The number of phenols is 1. The second-order valence-electron chi connectivity index (χ2n) is 7.08. The van der Waals surface area contributed by atoms with E-state index in [2.05, 4.69) is 0 Å². The summed E-state index contributed by atoms with van der Waals surface area (Å²) < 4.78 is 25.0. The molecule has 0 aliphatic rings. The molecule has 0 aliphatic carbocycles. The van der Waals surface area contributed by atoms with Crippen molar-refractivity contribution in [2.75, 3.05) is 13.7 Å². The Morgan fingerprint density at radius 1 is 1.00 bits per heavy atom. The lowest BCUT2D eigenvalue weighted by molar-refractivity contribution is 0.104. The number of aromatic hydroxyl groups is 1. The summed E-state index contributed by atoms with van der Waals surface area (Å²) >= 11 is 0. The lowest BCUT2D eigenvalue weighted by Gasteiger charge is -2.07. The van der Waals surface area contributed by atoms with Gasteiger partial charge in [-0.3, -0.25) is 4.79 Å². The second kappa shape index (κ2) is 8.79. The van der Waals surface area contributed by atoms with Crippen LogP contribution in [0, 0.1) is 0 Å². The maximum absolute atomic E-state index is 13.5. The number of methoxy groups -OCH3 is 1. The standard InChI is InChI=1S/C25H22O5S/c1-3-14-30-19-10-6-17(7-11-19)25-23(24(27)16-4-8-18(26)9-5-16)21-13-12-20(29-2)15-22(21)31(25)28/h4-13,15,26H,3,14H2,1-2H3. The van der Waals surface area contributed by atoms with Crippen molar-refractivity contribution in [2.24, 2.45) is 0 Å². The van der Waals surface area contributed by atoms with Gasteiger partial charge in [0.25, 0.3) is 0 Å². The summed E-state index contributed by atoms with van der Waals surface area (Å²) in [7, 11) is -0.00351. The molecular weight excluding hydrogens is 412 g/mol. The van der Waals surface area contributed by atoms with E-state index in [0.29, 0.717) is 44.0 Å². The Morgan fingerprint density at radius 2 is 1.68 bits per heavy atom. The van der Waals surface area contributed by atoms with E-state index >= 15 is 0 Å². The van der Waals surface area contributed by atoms with Crippen LogP contribution in [0.3, 0.4) is 0 Å². The average molecular weight is 435 g/mol. The second-order valence-corrected chi connectivity index (χ2v) is 8.47. The van der Waals surface area contributed by atoms with Gasteiger partial charge in [-0.1, -0.05) is 6.92 Å². The SMILES string of the molecule is CCCOc1ccc(-c2c(C(=O)c3ccc(O)cc3)c3ccc(OC)cc3[s+]2[O-])cc1. The summed E-state index contributed by atoms with van der Waals surface area (Å²) in [6.07, 6.45) is 0.902. The Hall–Kier alpha value is -3.35. The normalized spacial score (nSPS) is 11.5. The van der Waals surface area contributed by atoms with Crippen molar-refractivity contribution in [1.82, 2.24) is 0 Å². The molecule has 0 fully saturated rings. The van der Waals surface area contributed by atoms with E-state index in [1.54, 1.807) is 37.4 Å². The summed E-state index contributed by atoms with van der Waals surface area (Å²) in [6.45, 7) is 2.65. The fourth-order valence-corrected chi connectivity index (χ4v) is 5.02. The molecule has 4 aromatic rings. The lowest BCUT2D eigenvalue weighted by atomic mass is 9.97. The van der Waals surface area contributed by atoms with E-state index in [0.717, 1.165) is 12.2 Å². The minimum atomic E-state index is -1.55. The number of ether oxygens (including phenoxy) is 2. The Bertz CT molecular complexity index is 1220. The first-order valence-corrected chi connectivity index (χ1v) is 11.1. The number of ketones is 1. The molecule has 5 nitrogen and oxygen atoms in total. The van der Waals surface area contributed by atoms with Gasteiger partial charge in [0.1, 0.15) is 17.2 Å². The molecule has 1 unspecified atom stereocenters. The highest BCUT2D eigenvalue weighted by molar-refractivity contribution is 7.35. The van der Waals surface area contributed by atoms with Crippen LogP contribution >= 0.6 is 10.8 Å². The van der Waals surface area contributed by atoms with Crippen molar-refractivity contribution in [2.45, 2.75) is 13.3 Å². The zero-order valence-corrected chi connectivity index (χ0v) is 18.1. The maximum Gasteiger partial charge on any atom is 0.199 e. The average Bonchev–Trinajstić information content (AvgIpc) is 3.09. The van der Waals surface area contributed by atoms with Crippen molar-refractivity contribution in [3.8, 4) is 27.7 Å². The summed E-state index contributed by atoms with van der Waals surface area (Å²) in [4.78, 5) is 13.9. The van der Waals surface area contributed by atoms with Crippen LogP contribution in [0.4, 0.5) is 0 Å². The zero-order chi connectivity index (χ0) is 22.0. The van der Waals surface area contributed by atoms with Crippen LogP contribution in [0.25, 0.3) is 20.5 Å². The van der Waals surface area contributed by atoms with Crippen molar-refractivity contribution in [3.63, 3.8) is 0 Å². The predicted molar refractivity (Wildman–Crippen MR) is 122 cm³/mol. The number of carbonyl (C=O) groups is 1. The summed E-state index contributed by atoms with van der Waals surface area (Å²) in [5.74, 6) is 1.13. The fourth-order valence-electron chi connectivity index (χ4n) is 3.47. The van der Waals surface area contributed by atoms with Gasteiger partial charge in [-0.25, -0.2) is 0 Å². The van der Waals surface area contributed by atoms with Gasteiger partial charge in [-0.05, 0) is 77.8 Å². The Morgan fingerprint density at radius 3 is 2.32 bits per heavy atom. The van der Waals surface area contributed by atoms with Gasteiger partial charge in [0.05, 0.1) is 24.7 Å². The first-order chi connectivity index (χ1) is 15.0. The topological polar surface area (TPSA) is 78.8 Å². The largest absolute Gasteiger partial charge is 0.590 e. The van der Waals surface area contributed by atoms with Crippen LogP contribution in [0.5, 0.6) is 17.2 Å². The van der Waals surface area contributed by atoms with Crippen LogP contribution in [0.1, 0.15) is 29.3 Å². The minimum Gasteiger partial charge on any atom is -0.590 e. The first kappa shape index (κ1) is 20.9. The molecule has 0 saturated carbocycles. The molecule has 31 heavy (non-hydrogen) atoms. The van der Waals surface area contributed by atoms with Gasteiger partial charge < -0.3 is 19.1 Å². The van der Waals surface area contributed by atoms with Crippen LogP contribution in [0.2, 0.25) is 0 Å². The molecule has 1 N–H and O–H groups in total. The van der Waals surface area contributed by atoms with Gasteiger partial charge in [0.15, 0.2) is 15.4 Å². The molecule has 158 valence electrons. The van der Waals surface area contributed by atoms with Gasteiger partial charge in [0.2, 0.25) is 0 Å². The Balaban J connectivity index is 1.90. The number of fused-ring (bicyclic) bond motifs is 1. The van der Waals surface area contributed by atoms with E-state index in [9.17, 15) is 14.5 Å². The number of benzene rings is 3. The molecule has 0 saturated heterocycles. The number of carbonyl (C=O) groups excluding carboxylic acids is 1. The molecule has 0 amide bonds. The Kier molecular flexibility index (Phi) is 5.93. The summed E-state index contributed by atoms with van der Waals surface area (Å²) in [6, 6.07) is 18.6. The molecule has 0 bridgehead atoms. The minimum absolute atomic E-state index is 0.0774. The molecule has 0 radical (unpaired) electrons. The monoisotopic (exact) mass is 434 g/mol. The highest BCUT2D eigenvalue weighted by atomic mass is 32.2. The number of thiophene rings is 1. The predicted octanol–water partition coefficient (Wildman–Crippen LogP) is 5.97. The Labute approximate surface area is 183 Å². The van der Waals surface area contributed by atoms with E-state index in [4.69, 9.17) is 9.47 Å². The third-order valence-corrected chi connectivity index (χ3v) is 6.56. The zero-order valence-electron chi connectivity index (χ0n) is 17.3. The van der Waals surface area contributed by atoms with E-state index in [-0.39, 0.29) is 11.5 Å². The first-order valence-electron chi connectivity index (χ1n) is 9.95. The summed E-state index contributed by atoms with van der Waals surface area (Å²) in [5, 5.41) is 10.2. The van der Waals surface area contributed by atoms with E-state index in [1.165, 1.54) is 12.1 Å². The van der Waals surface area contributed by atoms with Crippen LogP contribution in [0.15, 0.2) is 66.7 Å². The quantitative estimate of drug-likeness (QED) is 0.286. The maximum atomic E-state index is 13.5. The number of hydrogen-bond donors (Lipinski definition) is 1. The van der Waals surface area contributed by atoms with Gasteiger partial charge in [-0.15, -0.1) is 0 Å². The third kappa shape index (κ3) is 4.00. The van der Waals surface area contributed by atoms with E-state index < -0.39 is 10.8 Å². The molecule has 6 heteroatoms. The van der Waals surface area contributed by atoms with Crippen molar-refractivity contribution < 1.29 is 23.9 Å². The molecule has 0 aliphatic heterocycles. The summed E-state index contributed by atoms with van der Waals surface area (Å²) in [5.41, 5.74) is 1.50. The fraction of sp³-hybridized carbons (Fsp3) is 0.160. The highest BCUT2D eigenvalue weighted by Gasteiger charge is 2.29. The molecule has 1 heterocycles. The van der Waals surface area contributed by atoms with Crippen LogP contribution in [-0.4, -0.2) is 29.2 Å². The highest BCUT2D eigenvalue weighted by Crippen LogP contribution is 2.47. The molecule has 3 aromatic carbocycles. The van der Waals surface area contributed by atoms with Crippen LogP contribution in [-0.2, 0) is 0 Å². The smallest absolute Gasteiger partial charge is 0.199 e. The van der Waals surface area contributed by atoms with Gasteiger partial charge in [-0.2, -0.15) is 0 Å². The van der Waals surface area contributed by atoms with Crippen molar-refractivity contribution in [3.05, 3.63) is 77.9 Å². The lowest BCUT2D eigenvalue weighted by Crippen LogP contribution is -2.02. The molecule has 1 aromatic heterocycles. The number of hydrogen-bond acceptors (Lipinski definition) is 5. The molecular formula is C25H22O5S. The van der Waals surface area contributed by atoms with Crippen LogP contribution < -0.4 is 9.47 Å². The molecule has 0 spiro atoms. The van der Waals surface area contributed by atoms with E-state index in [1.807, 2.05) is 31.2 Å². The van der Waals surface area contributed by atoms with Gasteiger partial charge >= 0.3 is 0 Å². The molecule has 4 rings (SSSR count). The molecule has 1 atom stereocenters.